The maximum atomic E-state index is 12.3. The molecule has 1 aromatic rings. The molecule has 1 heterocycles. The van der Waals surface area contributed by atoms with Gasteiger partial charge in [-0.25, -0.2) is 0 Å². The van der Waals surface area contributed by atoms with Crippen molar-refractivity contribution in [3.63, 3.8) is 0 Å². The maximum absolute atomic E-state index is 12.3. The van der Waals surface area contributed by atoms with E-state index in [0.29, 0.717) is 24.7 Å². The number of hydrogen-bond donors (Lipinski definition) is 2. The van der Waals surface area contributed by atoms with Crippen molar-refractivity contribution in [2.45, 2.75) is 31.8 Å². The van der Waals surface area contributed by atoms with Gasteiger partial charge in [-0.2, -0.15) is 0 Å². The van der Waals surface area contributed by atoms with Crippen molar-refractivity contribution in [1.82, 2.24) is 4.90 Å². The number of benzene rings is 1. The van der Waals surface area contributed by atoms with E-state index in [1.807, 2.05) is 29.2 Å². The first-order valence-corrected chi connectivity index (χ1v) is 7.44. The molecule has 1 saturated heterocycles. The summed E-state index contributed by atoms with van der Waals surface area (Å²) in [5, 5.41) is 9.89. The summed E-state index contributed by atoms with van der Waals surface area (Å²) in [6, 6.07) is 7.71. The molecule has 4 heteroatoms. The summed E-state index contributed by atoms with van der Waals surface area (Å²) in [6.07, 6.45) is 2.95. The van der Waals surface area contributed by atoms with E-state index in [9.17, 15) is 9.90 Å². The second-order valence-corrected chi connectivity index (χ2v) is 6.07. The summed E-state index contributed by atoms with van der Waals surface area (Å²) in [6.45, 7) is 1.56. The van der Waals surface area contributed by atoms with Gasteiger partial charge in [-0.05, 0) is 36.8 Å². The normalized spacial score (nSPS) is 28.6. The molecule has 1 amide bonds. The van der Waals surface area contributed by atoms with E-state index in [-0.39, 0.29) is 12.0 Å². The van der Waals surface area contributed by atoms with Crippen LogP contribution in [-0.4, -0.2) is 35.1 Å². The highest BCUT2D eigenvalue weighted by molar-refractivity contribution is 5.77. The van der Waals surface area contributed by atoms with Crippen LogP contribution >= 0.6 is 0 Å². The molecule has 1 aliphatic carbocycles. The van der Waals surface area contributed by atoms with Crippen LogP contribution in [-0.2, 0) is 11.2 Å². The smallest absolute Gasteiger partial charge is 0.222 e. The van der Waals surface area contributed by atoms with E-state index in [4.69, 9.17) is 5.73 Å². The molecule has 108 valence electrons. The van der Waals surface area contributed by atoms with E-state index < -0.39 is 0 Å². The Morgan fingerprint density at radius 1 is 1.30 bits per heavy atom. The van der Waals surface area contributed by atoms with Crippen molar-refractivity contribution < 1.29 is 9.90 Å². The molecule has 4 nitrogen and oxygen atoms in total. The third-order valence-electron chi connectivity index (χ3n) is 4.84. The predicted octanol–water partition coefficient (Wildman–Crippen LogP) is 1.43. The topological polar surface area (TPSA) is 66.6 Å². The molecular weight excluding hydrogens is 252 g/mol. The molecule has 3 N–H and O–H groups in total. The van der Waals surface area contributed by atoms with Gasteiger partial charge in [0.15, 0.2) is 0 Å². The molecule has 0 bridgehead atoms. The van der Waals surface area contributed by atoms with Crippen LogP contribution in [0.25, 0.3) is 0 Å². The van der Waals surface area contributed by atoms with Crippen LogP contribution in [0.15, 0.2) is 24.3 Å². The Hall–Kier alpha value is -1.55. The first kappa shape index (κ1) is 13.4. The van der Waals surface area contributed by atoms with E-state index in [2.05, 4.69) is 0 Å². The van der Waals surface area contributed by atoms with E-state index in [1.165, 1.54) is 0 Å². The third-order valence-corrected chi connectivity index (χ3v) is 4.84. The Labute approximate surface area is 119 Å². The van der Waals surface area contributed by atoms with Crippen molar-refractivity contribution in [2.24, 2.45) is 11.8 Å². The minimum Gasteiger partial charge on any atom is -0.399 e. The van der Waals surface area contributed by atoms with Gasteiger partial charge in [0.05, 0.1) is 6.10 Å². The summed E-state index contributed by atoms with van der Waals surface area (Å²) in [4.78, 5) is 14.2. The molecule has 0 aromatic heterocycles. The fraction of sp³-hybridized carbons (Fsp3) is 0.562. The van der Waals surface area contributed by atoms with Crippen LogP contribution in [0.2, 0.25) is 0 Å². The van der Waals surface area contributed by atoms with E-state index in [0.717, 1.165) is 37.2 Å². The second-order valence-electron chi connectivity index (χ2n) is 6.07. The number of anilines is 1. The molecule has 1 aromatic carbocycles. The standard InChI is InChI=1S/C16H22N2O2/c17-14-4-2-1-3-11(14)6-8-16(20)18-9-12-5-7-15(19)13(12)10-18/h1-4,12-13,15,19H,5-10,17H2. The van der Waals surface area contributed by atoms with Crippen molar-refractivity contribution in [3.05, 3.63) is 29.8 Å². The fourth-order valence-electron chi connectivity index (χ4n) is 3.60. The lowest BCUT2D eigenvalue weighted by atomic mass is 10.00. The number of aryl methyl sites for hydroxylation is 1. The van der Waals surface area contributed by atoms with Crippen LogP contribution in [0.5, 0.6) is 0 Å². The molecule has 3 rings (SSSR count). The van der Waals surface area contributed by atoms with Crippen LogP contribution in [0.4, 0.5) is 5.69 Å². The maximum Gasteiger partial charge on any atom is 0.222 e. The minimum atomic E-state index is -0.206. The van der Waals surface area contributed by atoms with Gasteiger partial charge in [-0.1, -0.05) is 18.2 Å². The van der Waals surface area contributed by atoms with Gasteiger partial charge < -0.3 is 15.7 Å². The predicted molar refractivity (Wildman–Crippen MR) is 78.0 cm³/mol. The number of likely N-dealkylation sites (tertiary alicyclic amines) is 1. The van der Waals surface area contributed by atoms with Crippen LogP contribution in [0.3, 0.4) is 0 Å². The average Bonchev–Trinajstić information content (AvgIpc) is 3.00. The Morgan fingerprint density at radius 2 is 2.10 bits per heavy atom. The van der Waals surface area contributed by atoms with Gasteiger partial charge in [-0.3, -0.25) is 4.79 Å². The number of carbonyl (C=O) groups is 1. The van der Waals surface area contributed by atoms with E-state index >= 15 is 0 Å². The zero-order valence-electron chi connectivity index (χ0n) is 11.7. The number of aliphatic hydroxyl groups is 1. The van der Waals surface area contributed by atoms with Crippen molar-refractivity contribution in [2.75, 3.05) is 18.8 Å². The number of hydrogen-bond acceptors (Lipinski definition) is 3. The lowest BCUT2D eigenvalue weighted by Crippen LogP contribution is -2.31. The number of rotatable bonds is 3. The van der Waals surface area contributed by atoms with Crippen molar-refractivity contribution in [3.8, 4) is 0 Å². The largest absolute Gasteiger partial charge is 0.399 e. The lowest BCUT2D eigenvalue weighted by molar-refractivity contribution is -0.130. The number of carbonyl (C=O) groups excluding carboxylic acids is 1. The molecule has 20 heavy (non-hydrogen) atoms. The molecule has 2 fully saturated rings. The van der Waals surface area contributed by atoms with Crippen molar-refractivity contribution in [1.29, 1.82) is 0 Å². The third kappa shape index (κ3) is 2.52. The Bertz CT molecular complexity index is 503. The molecular formula is C16H22N2O2. The highest BCUT2D eigenvalue weighted by Gasteiger charge is 2.42. The summed E-state index contributed by atoms with van der Waals surface area (Å²) < 4.78 is 0. The molecule has 0 spiro atoms. The molecule has 3 atom stereocenters. The summed E-state index contributed by atoms with van der Waals surface area (Å²) in [5.74, 6) is 1.01. The average molecular weight is 274 g/mol. The summed E-state index contributed by atoms with van der Waals surface area (Å²) in [5.41, 5.74) is 7.70. The quantitative estimate of drug-likeness (QED) is 0.819. The highest BCUT2D eigenvalue weighted by atomic mass is 16.3. The van der Waals surface area contributed by atoms with E-state index in [1.54, 1.807) is 0 Å². The number of nitrogen functional groups attached to an aromatic ring is 1. The number of aliphatic hydroxyl groups excluding tert-OH is 1. The number of nitrogens with zero attached hydrogens (tertiary/aromatic N) is 1. The monoisotopic (exact) mass is 274 g/mol. The number of fused-ring (bicyclic) bond motifs is 1. The van der Waals surface area contributed by atoms with Crippen molar-refractivity contribution >= 4 is 11.6 Å². The molecule has 1 aliphatic heterocycles. The molecule has 2 aliphatic rings. The summed E-state index contributed by atoms with van der Waals surface area (Å²) >= 11 is 0. The van der Waals surface area contributed by atoms with Crippen LogP contribution in [0.1, 0.15) is 24.8 Å². The van der Waals surface area contributed by atoms with Crippen LogP contribution in [0, 0.1) is 11.8 Å². The number of nitrogens with two attached hydrogens (primary N) is 1. The van der Waals surface area contributed by atoms with Gasteiger partial charge in [0.1, 0.15) is 0 Å². The van der Waals surface area contributed by atoms with Gasteiger partial charge in [0, 0.05) is 31.1 Å². The Balaban J connectivity index is 1.55. The van der Waals surface area contributed by atoms with Gasteiger partial charge in [-0.15, -0.1) is 0 Å². The SMILES string of the molecule is Nc1ccccc1CCC(=O)N1CC2CCC(O)C2C1. The van der Waals surface area contributed by atoms with Gasteiger partial charge in [0.2, 0.25) is 5.91 Å². The number of para-hydroxylation sites is 1. The minimum absolute atomic E-state index is 0.190. The first-order chi connectivity index (χ1) is 9.65. The molecule has 1 saturated carbocycles. The summed E-state index contributed by atoms with van der Waals surface area (Å²) in [7, 11) is 0. The van der Waals surface area contributed by atoms with Gasteiger partial charge >= 0.3 is 0 Å². The zero-order chi connectivity index (χ0) is 14.1. The lowest BCUT2D eigenvalue weighted by Gasteiger charge is -2.18. The molecule has 3 unspecified atom stereocenters. The van der Waals surface area contributed by atoms with Gasteiger partial charge in [0.25, 0.3) is 0 Å². The Morgan fingerprint density at radius 3 is 2.85 bits per heavy atom. The molecule has 0 radical (unpaired) electrons. The highest BCUT2D eigenvalue weighted by Crippen LogP contribution is 2.38. The Kier molecular flexibility index (Phi) is 3.66. The second kappa shape index (κ2) is 5.44. The number of amides is 1. The zero-order valence-corrected chi connectivity index (χ0v) is 11.7. The fourth-order valence-corrected chi connectivity index (χ4v) is 3.60. The van der Waals surface area contributed by atoms with Crippen LogP contribution < -0.4 is 5.73 Å². The first-order valence-electron chi connectivity index (χ1n) is 7.44.